The summed E-state index contributed by atoms with van der Waals surface area (Å²) >= 11 is 5.99. The van der Waals surface area contributed by atoms with Crippen LogP contribution in [0.4, 0.5) is 5.82 Å². The minimum Gasteiger partial charge on any atom is -0.383 e. The average Bonchev–Trinajstić information content (AvgIpc) is 2.35. The number of rotatable bonds is 3. The Balaban J connectivity index is 2.24. The topological polar surface area (TPSA) is 63.4 Å². The molecule has 3 N–H and O–H groups in total. The summed E-state index contributed by atoms with van der Waals surface area (Å²) in [5, 5.41) is 3.83. The minimum atomic E-state index is -0.000972. The summed E-state index contributed by atoms with van der Waals surface area (Å²) in [4.78, 5) is 6.34. The summed E-state index contributed by atoms with van der Waals surface area (Å²) in [5.74, 6) is 0.496. The van der Waals surface area contributed by atoms with Crippen molar-refractivity contribution in [3.8, 4) is 0 Å². The van der Waals surface area contributed by atoms with E-state index in [-0.39, 0.29) is 12.1 Å². The molecule has 5 nitrogen and oxygen atoms in total. The Bertz CT molecular complexity index is 415. The molecule has 6 heteroatoms. The molecule has 1 aromatic heterocycles. The molecule has 1 fully saturated rings. The van der Waals surface area contributed by atoms with E-state index in [2.05, 4.69) is 22.2 Å². The molecule has 0 saturated carbocycles. The van der Waals surface area contributed by atoms with Crippen molar-refractivity contribution in [2.75, 3.05) is 39.5 Å². The van der Waals surface area contributed by atoms with Gasteiger partial charge in [-0.1, -0.05) is 11.6 Å². The lowest BCUT2D eigenvalue weighted by Gasteiger charge is -2.35. The number of nitrogens with zero attached hydrogens (tertiary/aromatic N) is 2. The Morgan fingerprint density at radius 2 is 2.44 bits per heavy atom. The van der Waals surface area contributed by atoms with Crippen LogP contribution in [-0.4, -0.2) is 49.8 Å². The predicted octanol–water partition coefficient (Wildman–Crippen LogP) is 0.908. The van der Waals surface area contributed by atoms with E-state index in [0.717, 1.165) is 25.3 Å². The summed E-state index contributed by atoms with van der Waals surface area (Å²) in [5.41, 5.74) is 6.82. The van der Waals surface area contributed by atoms with Crippen LogP contribution in [0.15, 0.2) is 12.3 Å². The first-order valence-electron chi connectivity index (χ1n) is 6.00. The molecule has 0 bridgehead atoms. The summed E-state index contributed by atoms with van der Waals surface area (Å²) in [6, 6.07) is 1.85. The number of aromatic nitrogens is 1. The molecule has 1 aliphatic heterocycles. The van der Waals surface area contributed by atoms with Crippen LogP contribution in [0.5, 0.6) is 0 Å². The Labute approximate surface area is 112 Å². The summed E-state index contributed by atoms with van der Waals surface area (Å²) in [6.45, 7) is 2.54. The third kappa shape index (κ3) is 2.92. The molecule has 0 aromatic carbocycles. The van der Waals surface area contributed by atoms with Crippen molar-refractivity contribution < 1.29 is 4.74 Å². The van der Waals surface area contributed by atoms with Crippen LogP contribution in [-0.2, 0) is 4.74 Å². The Morgan fingerprint density at radius 3 is 3.11 bits per heavy atom. The standard InChI is InChI=1S/C12H19ClN4O/c1-15-11(10-7-17(2)3-4-18-10)9-5-8(13)6-16-12(9)14/h5-6,10-11,15H,3-4,7H2,1-2H3,(H2,14,16). The molecule has 2 atom stereocenters. The molecule has 2 rings (SSSR count). The Kier molecular flexibility index (Phi) is 4.40. The van der Waals surface area contributed by atoms with E-state index in [0.29, 0.717) is 10.8 Å². The lowest BCUT2D eigenvalue weighted by molar-refractivity contribution is -0.0379. The van der Waals surface area contributed by atoms with Crippen molar-refractivity contribution in [1.29, 1.82) is 0 Å². The number of nitrogen functional groups attached to an aromatic ring is 1. The van der Waals surface area contributed by atoms with Gasteiger partial charge in [0.25, 0.3) is 0 Å². The van der Waals surface area contributed by atoms with Crippen molar-refractivity contribution in [1.82, 2.24) is 15.2 Å². The van der Waals surface area contributed by atoms with E-state index >= 15 is 0 Å². The van der Waals surface area contributed by atoms with E-state index in [1.54, 1.807) is 6.20 Å². The summed E-state index contributed by atoms with van der Waals surface area (Å²) < 4.78 is 5.82. The van der Waals surface area contributed by atoms with Gasteiger partial charge in [-0.15, -0.1) is 0 Å². The Hall–Kier alpha value is -0.880. The van der Waals surface area contributed by atoms with Gasteiger partial charge in [0.2, 0.25) is 0 Å². The molecule has 0 spiro atoms. The molecule has 0 aliphatic carbocycles. The first-order valence-corrected chi connectivity index (χ1v) is 6.38. The first kappa shape index (κ1) is 13.5. The molecule has 1 aliphatic rings. The Morgan fingerprint density at radius 1 is 1.67 bits per heavy atom. The van der Waals surface area contributed by atoms with Crippen LogP contribution >= 0.6 is 11.6 Å². The number of hydrogen-bond acceptors (Lipinski definition) is 5. The van der Waals surface area contributed by atoms with E-state index in [4.69, 9.17) is 22.1 Å². The number of pyridine rings is 1. The fraction of sp³-hybridized carbons (Fsp3) is 0.583. The van der Waals surface area contributed by atoms with Gasteiger partial charge in [-0.2, -0.15) is 0 Å². The normalized spacial score (nSPS) is 22.9. The van der Waals surface area contributed by atoms with Gasteiger partial charge in [-0.3, -0.25) is 0 Å². The van der Waals surface area contributed by atoms with Gasteiger partial charge >= 0.3 is 0 Å². The molecular formula is C12H19ClN4O. The third-order valence-corrected chi connectivity index (χ3v) is 3.44. The smallest absolute Gasteiger partial charge is 0.128 e. The second kappa shape index (κ2) is 5.84. The van der Waals surface area contributed by atoms with Gasteiger partial charge in [0, 0.05) is 24.8 Å². The van der Waals surface area contributed by atoms with Crippen LogP contribution in [0.25, 0.3) is 0 Å². The molecule has 1 aromatic rings. The average molecular weight is 271 g/mol. The van der Waals surface area contributed by atoms with E-state index in [9.17, 15) is 0 Å². The molecule has 2 unspecified atom stereocenters. The van der Waals surface area contributed by atoms with Gasteiger partial charge in [0.05, 0.1) is 23.8 Å². The number of nitrogens with one attached hydrogen (secondary N) is 1. The highest BCUT2D eigenvalue weighted by Crippen LogP contribution is 2.27. The van der Waals surface area contributed by atoms with E-state index < -0.39 is 0 Å². The molecule has 2 heterocycles. The third-order valence-electron chi connectivity index (χ3n) is 3.23. The zero-order valence-corrected chi connectivity index (χ0v) is 11.4. The number of hydrogen-bond donors (Lipinski definition) is 2. The predicted molar refractivity (Wildman–Crippen MR) is 72.7 cm³/mol. The van der Waals surface area contributed by atoms with E-state index in [1.165, 1.54) is 0 Å². The van der Waals surface area contributed by atoms with Crippen molar-refractivity contribution >= 4 is 17.4 Å². The number of anilines is 1. The fourth-order valence-corrected chi connectivity index (χ4v) is 2.44. The number of ether oxygens (including phenoxy) is 1. The maximum atomic E-state index is 5.99. The van der Waals surface area contributed by atoms with Crippen molar-refractivity contribution in [2.45, 2.75) is 12.1 Å². The SMILES string of the molecule is CNC(c1cc(Cl)cnc1N)C1CN(C)CCO1. The second-order valence-electron chi connectivity index (χ2n) is 4.57. The largest absolute Gasteiger partial charge is 0.383 e. The van der Waals surface area contributed by atoms with Crippen LogP contribution < -0.4 is 11.1 Å². The highest BCUT2D eigenvalue weighted by atomic mass is 35.5. The molecule has 0 amide bonds. The maximum absolute atomic E-state index is 5.99. The van der Waals surface area contributed by atoms with Crippen LogP contribution in [0.1, 0.15) is 11.6 Å². The lowest BCUT2D eigenvalue weighted by atomic mass is 10.0. The molecular weight excluding hydrogens is 252 g/mol. The summed E-state index contributed by atoms with van der Waals surface area (Å²) in [6.07, 6.45) is 1.61. The maximum Gasteiger partial charge on any atom is 0.128 e. The number of morpholine rings is 1. The summed E-state index contributed by atoms with van der Waals surface area (Å²) in [7, 11) is 3.98. The van der Waals surface area contributed by atoms with Crippen molar-refractivity contribution in [3.63, 3.8) is 0 Å². The van der Waals surface area contributed by atoms with Crippen LogP contribution in [0, 0.1) is 0 Å². The van der Waals surface area contributed by atoms with Gasteiger partial charge in [0.1, 0.15) is 5.82 Å². The van der Waals surface area contributed by atoms with Gasteiger partial charge in [-0.05, 0) is 20.2 Å². The number of nitrogens with two attached hydrogens (primary N) is 1. The molecule has 100 valence electrons. The van der Waals surface area contributed by atoms with Crippen LogP contribution in [0.3, 0.4) is 0 Å². The fourth-order valence-electron chi connectivity index (χ4n) is 2.27. The molecule has 1 saturated heterocycles. The zero-order chi connectivity index (χ0) is 13.1. The first-order chi connectivity index (χ1) is 8.61. The number of likely N-dealkylation sites (N-methyl/N-ethyl adjacent to an activating group) is 2. The van der Waals surface area contributed by atoms with E-state index in [1.807, 2.05) is 13.1 Å². The van der Waals surface area contributed by atoms with Crippen molar-refractivity contribution in [2.24, 2.45) is 0 Å². The minimum absolute atomic E-state index is 0.000972. The highest BCUT2D eigenvalue weighted by Gasteiger charge is 2.28. The van der Waals surface area contributed by atoms with Crippen LogP contribution in [0.2, 0.25) is 5.02 Å². The second-order valence-corrected chi connectivity index (χ2v) is 5.00. The molecule has 18 heavy (non-hydrogen) atoms. The lowest BCUT2D eigenvalue weighted by Crippen LogP contribution is -2.46. The highest BCUT2D eigenvalue weighted by molar-refractivity contribution is 6.30. The van der Waals surface area contributed by atoms with Crippen molar-refractivity contribution in [3.05, 3.63) is 22.8 Å². The van der Waals surface area contributed by atoms with Gasteiger partial charge in [-0.25, -0.2) is 4.98 Å². The van der Waals surface area contributed by atoms with Gasteiger partial charge in [0.15, 0.2) is 0 Å². The zero-order valence-electron chi connectivity index (χ0n) is 10.7. The molecule has 0 radical (unpaired) electrons. The monoisotopic (exact) mass is 270 g/mol. The quantitative estimate of drug-likeness (QED) is 0.855. The number of halogens is 1. The van der Waals surface area contributed by atoms with Gasteiger partial charge < -0.3 is 20.7 Å².